The third-order valence-electron chi connectivity index (χ3n) is 4.14. The number of nitrogens with one attached hydrogen (secondary N) is 1. The largest absolute Gasteiger partial charge is 0.479 e. The fraction of sp³-hybridized carbons (Fsp3) is 0.316. The van der Waals surface area contributed by atoms with Gasteiger partial charge in [0.15, 0.2) is 6.10 Å². The number of anilines is 1. The molecule has 25 heavy (non-hydrogen) atoms. The number of amides is 2. The molecule has 1 aromatic carbocycles. The maximum Gasteiger partial charge on any atom is 0.267 e. The summed E-state index contributed by atoms with van der Waals surface area (Å²) in [6.45, 7) is 3.91. The van der Waals surface area contributed by atoms with Gasteiger partial charge in [-0.15, -0.1) is 0 Å². The van der Waals surface area contributed by atoms with E-state index in [1.165, 1.54) is 0 Å². The lowest BCUT2D eigenvalue weighted by Crippen LogP contribution is -2.45. The molecule has 2 aromatic rings. The predicted molar refractivity (Wildman–Crippen MR) is 94.3 cm³/mol. The van der Waals surface area contributed by atoms with Crippen LogP contribution in [0.25, 0.3) is 0 Å². The van der Waals surface area contributed by atoms with E-state index in [0.717, 1.165) is 5.69 Å². The van der Waals surface area contributed by atoms with Gasteiger partial charge in [0.05, 0.1) is 17.4 Å². The fourth-order valence-corrected chi connectivity index (χ4v) is 2.82. The van der Waals surface area contributed by atoms with Crippen molar-refractivity contribution in [2.24, 2.45) is 0 Å². The quantitative estimate of drug-likeness (QED) is 0.908. The lowest BCUT2D eigenvalue weighted by Gasteiger charge is -2.32. The minimum atomic E-state index is -0.551. The van der Waals surface area contributed by atoms with Crippen LogP contribution < -0.4 is 15.0 Å². The molecule has 6 heteroatoms. The molecule has 2 atom stereocenters. The van der Waals surface area contributed by atoms with Crippen molar-refractivity contribution < 1.29 is 14.3 Å². The summed E-state index contributed by atoms with van der Waals surface area (Å²) in [4.78, 5) is 30.5. The summed E-state index contributed by atoms with van der Waals surface area (Å²) in [5, 5.41) is 2.92. The predicted octanol–water partition coefficient (Wildman–Crippen LogP) is 2.46. The number of para-hydroxylation sites is 2. The SMILES string of the molecule is C[C@@H]1Oc2ccccc2N(CCC(=O)N[C@H](C)c2ccccn2)C1=O. The Hall–Kier alpha value is -2.89. The zero-order valence-corrected chi connectivity index (χ0v) is 14.3. The Balaban J connectivity index is 1.63. The van der Waals surface area contributed by atoms with E-state index in [-0.39, 0.29) is 24.3 Å². The van der Waals surface area contributed by atoms with Gasteiger partial charge >= 0.3 is 0 Å². The standard InChI is InChI=1S/C19H21N3O3/c1-13(15-7-5-6-11-20-15)21-18(23)10-12-22-16-8-3-4-9-17(16)25-14(2)19(22)24/h3-9,11,13-14H,10,12H2,1-2H3,(H,21,23)/t13-,14+/m1/s1. The van der Waals surface area contributed by atoms with Gasteiger partial charge in [-0.05, 0) is 38.1 Å². The van der Waals surface area contributed by atoms with Gasteiger partial charge < -0.3 is 15.0 Å². The van der Waals surface area contributed by atoms with Gasteiger partial charge in [0.25, 0.3) is 5.91 Å². The zero-order chi connectivity index (χ0) is 17.8. The number of carbonyl (C=O) groups is 2. The van der Waals surface area contributed by atoms with Crippen molar-refractivity contribution in [1.29, 1.82) is 0 Å². The number of pyridine rings is 1. The van der Waals surface area contributed by atoms with Crippen molar-refractivity contribution in [3.05, 3.63) is 54.4 Å². The smallest absolute Gasteiger partial charge is 0.267 e. The lowest BCUT2D eigenvalue weighted by atomic mass is 10.1. The van der Waals surface area contributed by atoms with Gasteiger partial charge in [-0.3, -0.25) is 14.6 Å². The Labute approximate surface area is 146 Å². The van der Waals surface area contributed by atoms with Crippen molar-refractivity contribution in [1.82, 2.24) is 10.3 Å². The van der Waals surface area contributed by atoms with Gasteiger partial charge in [0, 0.05) is 19.2 Å². The Bertz CT molecular complexity index is 764. The van der Waals surface area contributed by atoms with Crippen LogP contribution in [0.5, 0.6) is 5.75 Å². The van der Waals surface area contributed by atoms with Crippen LogP contribution >= 0.6 is 0 Å². The maximum atomic E-state index is 12.4. The van der Waals surface area contributed by atoms with E-state index in [4.69, 9.17) is 4.74 Å². The molecule has 0 aliphatic carbocycles. The molecule has 1 aliphatic rings. The second-order valence-electron chi connectivity index (χ2n) is 6.01. The number of fused-ring (bicyclic) bond motifs is 1. The van der Waals surface area contributed by atoms with Crippen molar-refractivity contribution in [3.8, 4) is 5.75 Å². The number of hydrogen-bond acceptors (Lipinski definition) is 4. The molecule has 0 bridgehead atoms. The minimum Gasteiger partial charge on any atom is -0.479 e. The summed E-state index contributed by atoms with van der Waals surface area (Å²) in [5.74, 6) is 0.406. The first-order valence-corrected chi connectivity index (χ1v) is 8.33. The Morgan fingerprint density at radius 1 is 1.28 bits per heavy atom. The molecule has 1 aromatic heterocycles. The van der Waals surface area contributed by atoms with E-state index in [9.17, 15) is 9.59 Å². The van der Waals surface area contributed by atoms with Crippen LogP contribution in [0.3, 0.4) is 0 Å². The van der Waals surface area contributed by atoms with Gasteiger partial charge in [0.2, 0.25) is 5.91 Å². The Morgan fingerprint density at radius 2 is 2.04 bits per heavy atom. The normalized spacial score (nSPS) is 17.4. The van der Waals surface area contributed by atoms with E-state index in [2.05, 4.69) is 10.3 Å². The highest BCUT2D eigenvalue weighted by Gasteiger charge is 2.31. The van der Waals surface area contributed by atoms with Crippen LogP contribution in [0, 0.1) is 0 Å². The van der Waals surface area contributed by atoms with Gasteiger partial charge in [-0.1, -0.05) is 18.2 Å². The molecule has 1 N–H and O–H groups in total. The third kappa shape index (κ3) is 3.79. The lowest BCUT2D eigenvalue weighted by molar-refractivity contribution is -0.125. The number of nitrogens with zero attached hydrogens (tertiary/aromatic N) is 2. The molecule has 2 heterocycles. The summed E-state index contributed by atoms with van der Waals surface area (Å²) >= 11 is 0. The summed E-state index contributed by atoms with van der Waals surface area (Å²) < 4.78 is 5.60. The average Bonchev–Trinajstić information content (AvgIpc) is 2.63. The molecule has 2 amide bonds. The van der Waals surface area contributed by atoms with Crippen molar-refractivity contribution in [3.63, 3.8) is 0 Å². The second-order valence-corrected chi connectivity index (χ2v) is 6.01. The first-order valence-electron chi connectivity index (χ1n) is 8.33. The van der Waals surface area contributed by atoms with Gasteiger partial charge in [-0.2, -0.15) is 0 Å². The topological polar surface area (TPSA) is 71.5 Å². The Morgan fingerprint density at radius 3 is 2.80 bits per heavy atom. The maximum absolute atomic E-state index is 12.4. The highest BCUT2D eigenvalue weighted by molar-refractivity contribution is 6.00. The van der Waals surface area contributed by atoms with Crippen LogP contribution in [-0.4, -0.2) is 29.4 Å². The van der Waals surface area contributed by atoms with Crippen LogP contribution in [-0.2, 0) is 9.59 Å². The molecular weight excluding hydrogens is 318 g/mol. The summed E-state index contributed by atoms with van der Waals surface area (Å²) in [6, 6.07) is 12.8. The van der Waals surface area contributed by atoms with E-state index in [0.29, 0.717) is 18.0 Å². The summed E-state index contributed by atoms with van der Waals surface area (Å²) in [5.41, 5.74) is 1.51. The van der Waals surface area contributed by atoms with E-state index in [1.54, 1.807) is 18.0 Å². The number of aromatic nitrogens is 1. The average molecular weight is 339 g/mol. The number of rotatable bonds is 5. The number of ether oxygens (including phenoxy) is 1. The Kier molecular flexibility index (Phi) is 4.97. The molecule has 0 saturated heterocycles. The number of benzene rings is 1. The van der Waals surface area contributed by atoms with Crippen molar-refractivity contribution in [2.45, 2.75) is 32.4 Å². The molecule has 0 spiro atoms. The zero-order valence-electron chi connectivity index (χ0n) is 14.3. The summed E-state index contributed by atoms with van der Waals surface area (Å²) in [7, 11) is 0. The molecule has 0 saturated carbocycles. The molecule has 0 unspecified atom stereocenters. The van der Waals surface area contributed by atoms with Gasteiger partial charge in [-0.25, -0.2) is 0 Å². The van der Waals surface area contributed by atoms with Crippen LogP contribution in [0.4, 0.5) is 5.69 Å². The van der Waals surface area contributed by atoms with E-state index >= 15 is 0 Å². The molecular formula is C19H21N3O3. The second kappa shape index (κ2) is 7.34. The number of hydrogen-bond donors (Lipinski definition) is 1. The van der Waals surface area contributed by atoms with Crippen molar-refractivity contribution >= 4 is 17.5 Å². The molecule has 3 rings (SSSR count). The van der Waals surface area contributed by atoms with E-state index < -0.39 is 6.10 Å². The summed E-state index contributed by atoms with van der Waals surface area (Å²) in [6.07, 6.45) is 1.36. The third-order valence-corrected chi connectivity index (χ3v) is 4.14. The first-order chi connectivity index (χ1) is 12.1. The molecule has 0 radical (unpaired) electrons. The fourth-order valence-electron chi connectivity index (χ4n) is 2.82. The van der Waals surface area contributed by atoms with Gasteiger partial charge in [0.1, 0.15) is 5.75 Å². The molecule has 0 fully saturated rings. The number of carbonyl (C=O) groups excluding carboxylic acids is 2. The highest BCUT2D eigenvalue weighted by Crippen LogP contribution is 2.33. The van der Waals surface area contributed by atoms with Crippen LogP contribution in [0.15, 0.2) is 48.7 Å². The van der Waals surface area contributed by atoms with Crippen LogP contribution in [0.1, 0.15) is 32.0 Å². The highest BCUT2D eigenvalue weighted by atomic mass is 16.5. The van der Waals surface area contributed by atoms with Crippen LogP contribution in [0.2, 0.25) is 0 Å². The monoisotopic (exact) mass is 339 g/mol. The van der Waals surface area contributed by atoms with Crippen molar-refractivity contribution in [2.75, 3.05) is 11.4 Å². The molecule has 6 nitrogen and oxygen atoms in total. The first kappa shape index (κ1) is 17.0. The van der Waals surface area contributed by atoms with E-state index in [1.807, 2.05) is 49.4 Å². The molecule has 1 aliphatic heterocycles. The minimum absolute atomic E-state index is 0.123. The molecule has 130 valence electrons.